The van der Waals surface area contributed by atoms with Crippen molar-refractivity contribution in [3.8, 4) is 0 Å². The standard InChI is InChI=1S/C20H24N4O2S.2ClH/c25-18-6-2-4-15-12-9-13(11-21-10-12)19(24(15)18)20(26)22-8-7-17-23-14-3-1-5-16(14)27-17;;/h2,4,6,12-13,19,21H,1,3,5,7-11H2,(H,22,26);2*1H/t12-,13+,19-;;/m1../s1. The van der Waals surface area contributed by atoms with Gasteiger partial charge in [0.05, 0.1) is 10.7 Å². The van der Waals surface area contributed by atoms with Crippen molar-refractivity contribution in [1.82, 2.24) is 20.2 Å². The summed E-state index contributed by atoms with van der Waals surface area (Å²) >= 11 is 1.79. The van der Waals surface area contributed by atoms with Gasteiger partial charge in [0.25, 0.3) is 5.56 Å². The van der Waals surface area contributed by atoms with Crippen LogP contribution in [0.1, 0.15) is 46.1 Å². The van der Waals surface area contributed by atoms with Gasteiger partial charge in [-0.05, 0) is 31.7 Å². The maximum atomic E-state index is 13.0. The minimum Gasteiger partial charge on any atom is -0.354 e. The van der Waals surface area contributed by atoms with Gasteiger partial charge in [-0.2, -0.15) is 0 Å². The lowest BCUT2D eigenvalue weighted by atomic mass is 9.79. The van der Waals surface area contributed by atoms with E-state index in [0.29, 0.717) is 12.5 Å². The summed E-state index contributed by atoms with van der Waals surface area (Å²) in [5.41, 5.74) is 2.18. The van der Waals surface area contributed by atoms with E-state index in [1.165, 1.54) is 17.0 Å². The van der Waals surface area contributed by atoms with Crippen LogP contribution in [0.4, 0.5) is 0 Å². The highest BCUT2D eigenvalue weighted by Crippen LogP contribution is 2.38. The predicted octanol–water partition coefficient (Wildman–Crippen LogP) is 2.24. The first-order valence-electron chi connectivity index (χ1n) is 9.88. The molecule has 2 aromatic heterocycles. The van der Waals surface area contributed by atoms with E-state index >= 15 is 0 Å². The summed E-state index contributed by atoms with van der Waals surface area (Å²) in [5.74, 6) is 0.445. The number of fused-ring (bicyclic) bond motifs is 5. The molecule has 5 rings (SSSR count). The molecule has 0 aromatic carbocycles. The Labute approximate surface area is 186 Å². The number of nitrogens with one attached hydrogen (secondary N) is 2. The highest BCUT2D eigenvalue weighted by atomic mass is 35.5. The summed E-state index contributed by atoms with van der Waals surface area (Å²) in [6, 6.07) is 4.95. The number of carbonyl (C=O) groups is 1. The third-order valence-corrected chi connectivity index (χ3v) is 7.31. The Morgan fingerprint density at radius 1 is 1.28 bits per heavy atom. The largest absolute Gasteiger partial charge is 0.354 e. The molecule has 1 amide bonds. The molecule has 9 heteroatoms. The van der Waals surface area contributed by atoms with Crippen molar-refractivity contribution in [1.29, 1.82) is 0 Å². The van der Waals surface area contributed by atoms with Gasteiger partial charge in [0.1, 0.15) is 6.04 Å². The van der Waals surface area contributed by atoms with Gasteiger partial charge in [-0.1, -0.05) is 6.07 Å². The summed E-state index contributed by atoms with van der Waals surface area (Å²) in [5, 5.41) is 7.62. The van der Waals surface area contributed by atoms with Gasteiger partial charge in [0.2, 0.25) is 5.91 Å². The van der Waals surface area contributed by atoms with Crippen LogP contribution >= 0.6 is 36.2 Å². The van der Waals surface area contributed by atoms with Crippen molar-refractivity contribution in [2.45, 2.75) is 44.1 Å². The zero-order valence-corrected chi connectivity index (χ0v) is 18.5. The predicted molar refractivity (Wildman–Crippen MR) is 119 cm³/mol. The minimum atomic E-state index is -0.418. The second-order valence-electron chi connectivity index (χ2n) is 7.83. The number of rotatable bonds is 4. The normalized spacial score (nSPS) is 23.9. The van der Waals surface area contributed by atoms with E-state index in [1.54, 1.807) is 28.0 Å². The molecule has 3 atom stereocenters. The number of halogens is 2. The summed E-state index contributed by atoms with van der Waals surface area (Å²) in [7, 11) is 0. The van der Waals surface area contributed by atoms with Gasteiger partial charge < -0.3 is 10.6 Å². The Balaban J connectivity index is 0.00000120. The molecule has 0 radical (unpaired) electrons. The van der Waals surface area contributed by atoms with Gasteiger partial charge in [-0.15, -0.1) is 36.2 Å². The quantitative estimate of drug-likeness (QED) is 0.739. The highest BCUT2D eigenvalue weighted by Gasteiger charge is 2.41. The van der Waals surface area contributed by atoms with Crippen molar-refractivity contribution in [3.05, 3.63) is 49.8 Å². The van der Waals surface area contributed by atoms with Gasteiger partial charge in [-0.25, -0.2) is 4.98 Å². The van der Waals surface area contributed by atoms with Crippen LogP contribution in [0.3, 0.4) is 0 Å². The summed E-state index contributed by atoms with van der Waals surface area (Å²) < 4.78 is 1.74. The van der Waals surface area contributed by atoms with Crippen LogP contribution in [0.25, 0.3) is 0 Å². The fourth-order valence-corrected chi connectivity index (χ4v) is 6.03. The molecule has 0 saturated carbocycles. The molecule has 1 fully saturated rings. The zero-order valence-electron chi connectivity index (χ0n) is 16.1. The van der Waals surface area contributed by atoms with Crippen LogP contribution in [0.15, 0.2) is 23.0 Å². The number of nitrogens with zero attached hydrogens (tertiary/aromatic N) is 2. The van der Waals surface area contributed by atoms with Crippen LogP contribution < -0.4 is 16.2 Å². The topological polar surface area (TPSA) is 76.0 Å². The lowest BCUT2D eigenvalue weighted by molar-refractivity contribution is -0.126. The molecule has 2 aliphatic heterocycles. The molecule has 29 heavy (non-hydrogen) atoms. The second kappa shape index (κ2) is 9.16. The number of carbonyl (C=O) groups excluding carboxylic acids is 1. The van der Waals surface area contributed by atoms with Crippen LogP contribution in [-0.2, 0) is 24.1 Å². The third kappa shape index (κ3) is 4.10. The molecule has 6 nitrogen and oxygen atoms in total. The van der Waals surface area contributed by atoms with Gasteiger partial charge in [-0.3, -0.25) is 14.2 Å². The number of aromatic nitrogens is 2. The van der Waals surface area contributed by atoms with Crippen molar-refractivity contribution >= 4 is 42.1 Å². The smallest absolute Gasteiger partial charge is 0.251 e. The SMILES string of the molecule is Cl.Cl.O=C(NCCc1nc2c(s1)CCC2)[C@H]1[C@@H]2CNC[C@@H](C2)c2cccc(=O)n21. The molecule has 4 heterocycles. The highest BCUT2D eigenvalue weighted by molar-refractivity contribution is 7.11. The molecule has 158 valence electrons. The Morgan fingerprint density at radius 2 is 2.14 bits per heavy atom. The van der Waals surface area contributed by atoms with E-state index < -0.39 is 6.04 Å². The van der Waals surface area contributed by atoms with Crippen LogP contribution in [0, 0.1) is 5.92 Å². The van der Waals surface area contributed by atoms with Crippen molar-refractivity contribution in [2.75, 3.05) is 19.6 Å². The first kappa shape index (κ1) is 22.3. The van der Waals surface area contributed by atoms with Crippen LogP contribution in [0.5, 0.6) is 0 Å². The monoisotopic (exact) mass is 456 g/mol. The average molecular weight is 457 g/mol. The van der Waals surface area contributed by atoms with Crippen LogP contribution in [0.2, 0.25) is 0 Å². The van der Waals surface area contributed by atoms with E-state index in [0.717, 1.165) is 49.5 Å². The molecule has 3 aliphatic rings. The van der Waals surface area contributed by atoms with E-state index in [4.69, 9.17) is 4.98 Å². The Kier molecular flexibility index (Phi) is 7.04. The van der Waals surface area contributed by atoms with E-state index in [-0.39, 0.29) is 42.2 Å². The number of pyridine rings is 1. The molecule has 0 spiro atoms. The Morgan fingerprint density at radius 3 is 2.97 bits per heavy atom. The van der Waals surface area contributed by atoms with Crippen molar-refractivity contribution in [2.24, 2.45) is 5.92 Å². The minimum absolute atomic E-state index is 0. The number of hydrogen-bond acceptors (Lipinski definition) is 5. The molecule has 1 aliphatic carbocycles. The number of aryl methyl sites for hydroxylation is 2. The molecule has 2 bridgehead atoms. The number of piperidine rings is 1. The molecule has 0 unspecified atom stereocenters. The van der Waals surface area contributed by atoms with E-state index in [9.17, 15) is 9.59 Å². The fraction of sp³-hybridized carbons (Fsp3) is 0.550. The number of hydrogen-bond donors (Lipinski definition) is 2. The molecule has 2 N–H and O–H groups in total. The van der Waals surface area contributed by atoms with E-state index in [1.807, 2.05) is 6.07 Å². The van der Waals surface area contributed by atoms with Gasteiger partial charge >= 0.3 is 0 Å². The first-order chi connectivity index (χ1) is 13.2. The lowest BCUT2D eigenvalue weighted by Crippen LogP contribution is -2.52. The van der Waals surface area contributed by atoms with Crippen molar-refractivity contribution in [3.63, 3.8) is 0 Å². The first-order valence-corrected chi connectivity index (χ1v) is 10.7. The summed E-state index contributed by atoms with van der Waals surface area (Å²) in [6.45, 7) is 2.24. The maximum Gasteiger partial charge on any atom is 0.251 e. The average Bonchev–Trinajstić information content (AvgIpc) is 3.25. The second-order valence-corrected chi connectivity index (χ2v) is 8.99. The number of thiazole rings is 1. The van der Waals surface area contributed by atoms with Gasteiger partial charge in [0.15, 0.2) is 0 Å². The third-order valence-electron chi connectivity index (χ3n) is 6.10. The maximum absolute atomic E-state index is 13.0. The zero-order chi connectivity index (χ0) is 18.4. The van der Waals surface area contributed by atoms with E-state index in [2.05, 4.69) is 10.6 Å². The Hall–Kier alpha value is -1.41. The Bertz CT molecular complexity index is 923. The lowest BCUT2D eigenvalue weighted by Gasteiger charge is -2.42. The number of amides is 1. The molecule has 1 saturated heterocycles. The van der Waals surface area contributed by atoms with Crippen LogP contribution in [-0.4, -0.2) is 35.1 Å². The fourth-order valence-electron chi connectivity index (χ4n) is 4.88. The molecular weight excluding hydrogens is 431 g/mol. The summed E-state index contributed by atoms with van der Waals surface area (Å²) in [6.07, 6.45) is 5.19. The van der Waals surface area contributed by atoms with Crippen molar-refractivity contribution < 1.29 is 4.79 Å². The summed E-state index contributed by atoms with van der Waals surface area (Å²) in [4.78, 5) is 31.7. The molecule has 2 aromatic rings. The van der Waals surface area contributed by atoms with Gasteiger partial charge in [0, 0.05) is 54.5 Å². The molecular formula is C20H26Cl2N4O2S.